The predicted octanol–water partition coefficient (Wildman–Crippen LogP) is 4.89. The topological polar surface area (TPSA) is 41.1 Å². The van der Waals surface area contributed by atoms with Crippen LogP contribution in [-0.2, 0) is 6.42 Å². The Morgan fingerprint density at radius 3 is 2.54 bits per heavy atom. The first-order chi connectivity index (χ1) is 12.5. The quantitative estimate of drug-likeness (QED) is 0.729. The van der Waals surface area contributed by atoms with E-state index < -0.39 is 11.6 Å². The molecule has 1 aliphatic heterocycles. The molecular formula is C20H18F2N4. The molecule has 0 aliphatic carbocycles. The molecule has 132 valence electrons. The first-order valence-corrected chi connectivity index (χ1v) is 8.47. The second-order valence-electron chi connectivity index (χ2n) is 6.43. The Labute approximate surface area is 150 Å². The summed E-state index contributed by atoms with van der Waals surface area (Å²) < 4.78 is 27.9. The van der Waals surface area contributed by atoms with Crippen LogP contribution in [0.15, 0.2) is 48.5 Å². The van der Waals surface area contributed by atoms with Gasteiger partial charge in [-0.2, -0.15) is 0 Å². The third-order valence-electron chi connectivity index (χ3n) is 4.49. The number of nitrogens with zero attached hydrogens (tertiary/aromatic N) is 3. The first-order valence-electron chi connectivity index (χ1n) is 8.47. The highest BCUT2D eigenvalue weighted by atomic mass is 19.1. The zero-order chi connectivity index (χ0) is 18.3. The number of aromatic nitrogens is 2. The Bertz CT molecular complexity index is 954. The Morgan fingerprint density at radius 2 is 1.77 bits per heavy atom. The van der Waals surface area contributed by atoms with Crippen molar-refractivity contribution < 1.29 is 8.78 Å². The SMILES string of the molecule is Cc1nc(Nc2c(F)cccc2F)cc(N2c3ccccc3CC2C)n1. The van der Waals surface area contributed by atoms with E-state index in [-0.39, 0.29) is 11.7 Å². The van der Waals surface area contributed by atoms with Crippen LogP contribution in [0.25, 0.3) is 0 Å². The summed E-state index contributed by atoms with van der Waals surface area (Å²) in [4.78, 5) is 11.0. The van der Waals surface area contributed by atoms with E-state index in [9.17, 15) is 8.78 Å². The average Bonchev–Trinajstić information content (AvgIpc) is 2.93. The van der Waals surface area contributed by atoms with Gasteiger partial charge in [0, 0.05) is 17.8 Å². The largest absolute Gasteiger partial charge is 0.335 e. The van der Waals surface area contributed by atoms with Crippen molar-refractivity contribution in [3.05, 3.63) is 71.6 Å². The van der Waals surface area contributed by atoms with Gasteiger partial charge in [0.2, 0.25) is 0 Å². The summed E-state index contributed by atoms with van der Waals surface area (Å²) in [6.07, 6.45) is 0.921. The lowest BCUT2D eigenvalue weighted by atomic mass is 10.1. The van der Waals surface area contributed by atoms with Crippen molar-refractivity contribution in [3.8, 4) is 0 Å². The number of fused-ring (bicyclic) bond motifs is 1. The third kappa shape index (κ3) is 2.87. The molecule has 1 aliphatic rings. The Kier molecular flexibility index (Phi) is 4.03. The summed E-state index contributed by atoms with van der Waals surface area (Å²) in [7, 11) is 0. The number of nitrogens with one attached hydrogen (secondary N) is 1. The molecule has 4 nitrogen and oxygen atoms in total. The molecule has 0 bridgehead atoms. The zero-order valence-corrected chi connectivity index (χ0v) is 14.5. The van der Waals surface area contributed by atoms with Crippen molar-refractivity contribution in [1.82, 2.24) is 9.97 Å². The molecule has 2 heterocycles. The van der Waals surface area contributed by atoms with E-state index in [1.54, 1.807) is 13.0 Å². The number of hydrogen-bond donors (Lipinski definition) is 1. The molecule has 0 amide bonds. The van der Waals surface area contributed by atoms with Crippen LogP contribution in [0.4, 0.5) is 31.8 Å². The van der Waals surface area contributed by atoms with Crippen LogP contribution in [-0.4, -0.2) is 16.0 Å². The van der Waals surface area contributed by atoms with E-state index in [2.05, 4.69) is 39.2 Å². The number of anilines is 4. The molecule has 3 aromatic rings. The molecule has 1 aromatic heterocycles. The summed E-state index contributed by atoms with van der Waals surface area (Å²) in [5.41, 5.74) is 2.14. The summed E-state index contributed by atoms with van der Waals surface area (Å²) in [6.45, 7) is 3.89. The minimum absolute atomic E-state index is 0.216. The number of para-hydroxylation sites is 2. The molecule has 0 radical (unpaired) electrons. The number of benzene rings is 2. The lowest BCUT2D eigenvalue weighted by molar-refractivity contribution is 0.590. The van der Waals surface area contributed by atoms with Crippen LogP contribution in [0.2, 0.25) is 0 Å². The van der Waals surface area contributed by atoms with Gasteiger partial charge in [0.15, 0.2) is 0 Å². The molecular weight excluding hydrogens is 334 g/mol. The molecule has 4 rings (SSSR count). The Hall–Kier alpha value is -3.02. The highest BCUT2D eigenvalue weighted by molar-refractivity contribution is 5.71. The van der Waals surface area contributed by atoms with Gasteiger partial charge in [-0.25, -0.2) is 18.7 Å². The maximum atomic E-state index is 13.9. The molecule has 1 N–H and O–H groups in total. The molecule has 0 saturated heterocycles. The normalized spacial score (nSPS) is 15.8. The molecule has 2 aromatic carbocycles. The van der Waals surface area contributed by atoms with Gasteiger partial charge in [0.25, 0.3) is 0 Å². The summed E-state index contributed by atoms with van der Waals surface area (Å²) in [5, 5.41) is 2.76. The van der Waals surface area contributed by atoms with Gasteiger partial charge < -0.3 is 10.2 Å². The van der Waals surface area contributed by atoms with Gasteiger partial charge in [-0.1, -0.05) is 24.3 Å². The van der Waals surface area contributed by atoms with Crippen molar-refractivity contribution in [2.45, 2.75) is 26.3 Å². The second kappa shape index (κ2) is 6.37. The molecule has 6 heteroatoms. The Morgan fingerprint density at radius 1 is 1.04 bits per heavy atom. The van der Waals surface area contributed by atoms with Crippen molar-refractivity contribution in [1.29, 1.82) is 0 Å². The number of halogens is 2. The number of rotatable bonds is 3. The smallest absolute Gasteiger partial charge is 0.149 e. The molecule has 0 fully saturated rings. The predicted molar refractivity (Wildman–Crippen MR) is 98.2 cm³/mol. The van der Waals surface area contributed by atoms with Gasteiger partial charge in [0.1, 0.15) is 34.8 Å². The van der Waals surface area contributed by atoms with Crippen molar-refractivity contribution >= 4 is 23.0 Å². The Balaban J connectivity index is 1.74. The standard InChI is InChI=1S/C20H18F2N4/c1-12-10-14-6-3-4-9-17(14)26(12)19-11-18(23-13(2)24-19)25-20-15(21)7-5-8-16(20)22/h3-9,11-12H,10H2,1-2H3,(H,23,24,25). The summed E-state index contributed by atoms with van der Waals surface area (Å²) in [5.74, 6) is 0.256. The molecule has 0 saturated carbocycles. The van der Waals surface area contributed by atoms with Gasteiger partial charge in [-0.3, -0.25) is 0 Å². The second-order valence-corrected chi connectivity index (χ2v) is 6.43. The first kappa shape index (κ1) is 16.4. The van der Waals surface area contributed by atoms with Crippen molar-refractivity contribution in [2.24, 2.45) is 0 Å². The number of aryl methyl sites for hydroxylation is 1. The molecule has 0 spiro atoms. The van der Waals surface area contributed by atoms with Crippen molar-refractivity contribution in [3.63, 3.8) is 0 Å². The van der Waals surface area contributed by atoms with Crippen LogP contribution in [0, 0.1) is 18.6 Å². The van der Waals surface area contributed by atoms with E-state index in [0.717, 1.165) is 12.1 Å². The van der Waals surface area contributed by atoms with E-state index in [0.29, 0.717) is 17.5 Å². The zero-order valence-electron chi connectivity index (χ0n) is 14.5. The van der Waals surface area contributed by atoms with E-state index in [4.69, 9.17) is 0 Å². The fraction of sp³-hybridized carbons (Fsp3) is 0.200. The summed E-state index contributed by atoms with van der Waals surface area (Å²) >= 11 is 0. The average molecular weight is 352 g/mol. The lowest BCUT2D eigenvalue weighted by Gasteiger charge is -2.24. The minimum Gasteiger partial charge on any atom is -0.335 e. The van der Waals surface area contributed by atoms with Crippen molar-refractivity contribution in [2.75, 3.05) is 10.2 Å². The maximum absolute atomic E-state index is 13.9. The van der Waals surface area contributed by atoms with Gasteiger partial charge in [-0.15, -0.1) is 0 Å². The van der Waals surface area contributed by atoms with Crippen LogP contribution < -0.4 is 10.2 Å². The molecule has 1 unspecified atom stereocenters. The minimum atomic E-state index is -0.664. The van der Waals surface area contributed by atoms with E-state index in [1.807, 2.05) is 12.1 Å². The highest BCUT2D eigenvalue weighted by Crippen LogP contribution is 2.38. The van der Waals surface area contributed by atoms with E-state index >= 15 is 0 Å². The summed E-state index contributed by atoms with van der Waals surface area (Å²) in [6, 6.07) is 13.9. The maximum Gasteiger partial charge on any atom is 0.149 e. The van der Waals surface area contributed by atoms with Crippen LogP contribution in [0.5, 0.6) is 0 Å². The lowest BCUT2D eigenvalue weighted by Crippen LogP contribution is -2.25. The monoisotopic (exact) mass is 352 g/mol. The fourth-order valence-corrected chi connectivity index (χ4v) is 3.40. The highest BCUT2D eigenvalue weighted by Gasteiger charge is 2.28. The van der Waals surface area contributed by atoms with Gasteiger partial charge in [0.05, 0.1) is 0 Å². The van der Waals surface area contributed by atoms with Crippen LogP contribution >= 0.6 is 0 Å². The fourth-order valence-electron chi connectivity index (χ4n) is 3.40. The van der Waals surface area contributed by atoms with Gasteiger partial charge in [-0.05, 0) is 44.0 Å². The number of hydrogen-bond acceptors (Lipinski definition) is 4. The van der Waals surface area contributed by atoms with Crippen LogP contribution in [0.1, 0.15) is 18.3 Å². The van der Waals surface area contributed by atoms with E-state index in [1.165, 1.54) is 23.8 Å². The van der Waals surface area contributed by atoms with Gasteiger partial charge >= 0.3 is 0 Å². The third-order valence-corrected chi connectivity index (χ3v) is 4.49. The molecule has 1 atom stereocenters. The molecule has 26 heavy (non-hydrogen) atoms. The van der Waals surface area contributed by atoms with Crippen LogP contribution in [0.3, 0.4) is 0 Å².